The molecule has 0 fully saturated rings. The van der Waals surface area contributed by atoms with E-state index in [0.29, 0.717) is 20.5 Å². The van der Waals surface area contributed by atoms with Gasteiger partial charge in [-0.2, -0.15) is 0 Å². The van der Waals surface area contributed by atoms with Crippen LogP contribution in [0.3, 0.4) is 0 Å². The highest BCUT2D eigenvalue weighted by Gasteiger charge is 2.23. The number of hydrogen-bond acceptors (Lipinski definition) is 4. The number of nitrogens with zero attached hydrogens (tertiary/aromatic N) is 1. The maximum Gasteiger partial charge on any atom is 0.264 e. The predicted molar refractivity (Wildman–Crippen MR) is 101 cm³/mol. The third kappa shape index (κ3) is 4.09. The summed E-state index contributed by atoms with van der Waals surface area (Å²) in [4.78, 5) is 14.8. The Labute approximate surface area is 159 Å². The fraction of sp³-hybridized carbons (Fsp3) is 0.250. The molecule has 0 atom stereocenters. The molecule has 0 aliphatic heterocycles. The molecule has 0 saturated carbocycles. The van der Waals surface area contributed by atoms with E-state index < -0.39 is 5.82 Å². The van der Waals surface area contributed by atoms with E-state index in [2.05, 4.69) is 0 Å². The lowest BCUT2D eigenvalue weighted by atomic mass is 10.1. The van der Waals surface area contributed by atoms with Crippen molar-refractivity contribution in [2.75, 3.05) is 27.3 Å². The van der Waals surface area contributed by atoms with Crippen LogP contribution >= 0.6 is 11.3 Å². The molecule has 1 amide bonds. The first-order valence-electron chi connectivity index (χ1n) is 8.34. The van der Waals surface area contributed by atoms with Gasteiger partial charge in [-0.3, -0.25) is 4.79 Å². The standard InChI is InChI=1S/C20H19F2NO3S/c1-23(10-11-26-16-8-4-3-6-14(16)21)20(24)19-13(12-25-2)18-15(22)7-5-9-17(18)27-19/h3-9H,10-12H2,1-2H3. The number of fused-ring (bicyclic) bond motifs is 1. The van der Waals surface area contributed by atoms with Gasteiger partial charge in [0, 0.05) is 29.8 Å². The van der Waals surface area contributed by atoms with Gasteiger partial charge in [-0.05, 0) is 24.3 Å². The van der Waals surface area contributed by atoms with Gasteiger partial charge in [0.2, 0.25) is 0 Å². The molecule has 7 heteroatoms. The summed E-state index contributed by atoms with van der Waals surface area (Å²) < 4.78 is 39.1. The number of carbonyl (C=O) groups is 1. The molecule has 0 unspecified atom stereocenters. The number of methoxy groups -OCH3 is 1. The third-order valence-electron chi connectivity index (χ3n) is 4.11. The maximum atomic E-state index is 14.2. The first-order chi connectivity index (χ1) is 13.0. The quantitative estimate of drug-likeness (QED) is 0.596. The summed E-state index contributed by atoms with van der Waals surface area (Å²) in [5, 5.41) is 0.420. The van der Waals surface area contributed by atoms with E-state index in [9.17, 15) is 13.6 Å². The minimum absolute atomic E-state index is 0.140. The lowest BCUT2D eigenvalue weighted by Crippen LogP contribution is -2.31. The zero-order valence-electron chi connectivity index (χ0n) is 15.0. The minimum atomic E-state index is -0.450. The summed E-state index contributed by atoms with van der Waals surface area (Å²) in [6.45, 7) is 0.542. The van der Waals surface area contributed by atoms with Crippen LogP contribution in [-0.2, 0) is 11.3 Å². The molecule has 1 aromatic heterocycles. The highest BCUT2D eigenvalue weighted by Crippen LogP contribution is 2.34. The predicted octanol–water partition coefficient (Wildman–Crippen LogP) is 4.48. The molecule has 4 nitrogen and oxygen atoms in total. The summed E-state index contributed by atoms with van der Waals surface area (Å²) in [7, 11) is 3.13. The topological polar surface area (TPSA) is 38.8 Å². The Morgan fingerprint density at radius 2 is 1.85 bits per heavy atom. The normalized spacial score (nSPS) is 11.0. The second-order valence-corrected chi connectivity index (χ2v) is 7.01. The van der Waals surface area contributed by atoms with E-state index >= 15 is 0 Å². The largest absolute Gasteiger partial charge is 0.489 e. The van der Waals surface area contributed by atoms with Crippen LogP contribution in [0.2, 0.25) is 0 Å². The highest BCUT2D eigenvalue weighted by atomic mass is 32.1. The van der Waals surface area contributed by atoms with E-state index in [1.54, 1.807) is 31.3 Å². The number of benzene rings is 2. The summed E-state index contributed by atoms with van der Waals surface area (Å²) >= 11 is 1.23. The number of ether oxygens (including phenoxy) is 2. The molecule has 27 heavy (non-hydrogen) atoms. The Bertz CT molecular complexity index is 958. The Morgan fingerprint density at radius 3 is 2.59 bits per heavy atom. The van der Waals surface area contributed by atoms with E-state index in [-0.39, 0.29) is 37.2 Å². The number of carbonyl (C=O) groups excluding carboxylic acids is 1. The second kappa shape index (κ2) is 8.45. The van der Waals surface area contributed by atoms with Gasteiger partial charge in [-0.1, -0.05) is 18.2 Å². The van der Waals surface area contributed by atoms with Crippen molar-refractivity contribution in [3.05, 3.63) is 64.5 Å². The van der Waals surface area contributed by atoms with E-state index in [1.807, 2.05) is 0 Å². The van der Waals surface area contributed by atoms with Crippen molar-refractivity contribution in [3.63, 3.8) is 0 Å². The van der Waals surface area contributed by atoms with Gasteiger partial charge in [0.05, 0.1) is 18.0 Å². The van der Waals surface area contributed by atoms with Crippen LogP contribution in [0.5, 0.6) is 5.75 Å². The lowest BCUT2D eigenvalue weighted by molar-refractivity contribution is 0.0773. The molecule has 0 saturated heterocycles. The number of hydrogen-bond donors (Lipinski definition) is 0. The van der Waals surface area contributed by atoms with Gasteiger partial charge >= 0.3 is 0 Å². The summed E-state index contributed by atoms with van der Waals surface area (Å²) in [6.07, 6.45) is 0. The Balaban J connectivity index is 1.75. The zero-order chi connectivity index (χ0) is 19.4. The second-order valence-electron chi connectivity index (χ2n) is 5.96. The number of thiophene rings is 1. The van der Waals surface area contributed by atoms with Crippen molar-refractivity contribution in [1.29, 1.82) is 0 Å². The molecule has 0 N–H and O–H groups in total. The number of likely N-dealkylation sites (N-methyl/N-ethyl adjacent to an activating group) is 1. The van der Waals surface area contributed by atoms with Crippen LogP contribution in [0.15, 0.2) is 42.5 Å². The van der Waals surface area contributed by atoms with Crippen molar-refractivity contribution < 1.29 is 23.0 Å². The van der Waals surface area contributed by atoms with Crippen LogP contribution in [0.1, 0.15) is 15.2 Å². The Hall–Kier alpha value is -2.51. The van der Waals surface area contributed by atoms with Crippen molar-refractivity contribution in [3.8, 4) is 5.75 Å². The van der Waals surface area contributed by atoms with E-state index in [0.717, 1.165) is 0 Å². The van der Waals surface area contributed by atoms with Crippen molar-refractivity contribution in [2.45, 2.75) is 6.61 Å². The molecule has 2 aromatic carbocycles. The SMILES string of the molecule is COCc1c(C(=O)N(C)CCOc2ccccc2F)sc2cccc(F)c12. The maximum absolute atomic E-state index is 14.2. The third-order valence-corrected chi connectivity index (χ3v) is 5.30. The molecule has 142 valence electrons. The zero-order valence-corrected chi connectivity index (χ0v) is 15.8. The molecule has 1 heterocycles. The van der Waals surface area contributed by atoms with E-state index in [4.69, 9.17) is 9.47 Å². The fourth-order valence-electron chi connectivity index (χ4n) is 2.75. The fourth-order valence-corrected chi connectivity index (χ4v) is 3.97. The van der Waals surface area contributed by atoms with Crippen LogP contribution < -0.4 is 4.74 Å². The van der Waals surface area contributed by atoms with Crippen molar-refractivity contribution >= 4 is 27.3 Å². The summed E-state index contributed by atoms with van der Waals surface area (Å²) in [5.41, 5.74) is 0.544. The van der Waals surface area contributed by atoms with Gasteiger partial charge in [-0.25, -0.2) is 8.78 Å². The average molecular weight is 391 g/mol. The lowest BCUT2D eigenvalue weighted by Gasteiger charge is -2.17. The average Bonchev–Trinajstić information content (AvgIpc) is 3.03. The first-order valence-corrected chi connectivity index (χ1v) is 9.16. The molecule has 3 aromatic rings. The molecular formula is C20H19F2NO3S. The molecule has 0 aliphatic rings. The van der Waals surface area contributed by atoms with Gasteiger partial charge in [0.25, 0.3) is 5.91 Å². The Kier molecular flexibility index (Phi) is 6.03. The van der Waals surface area contributed by atoms with Crippen LogP contribution in [0, 0.1) is 11.6 Å². The molecular weight excluding hydrogens is 372 g/mol. The van der Waals surface area contributed by atoms with Crippen LogP contribution in [0.25, 0.3) is 10.1 Å². The molecule has 0 bridgehead atoms. The highest BCUT2D eigenvalue weighted by molar-refractivity contribution is 7.21. The Morgan fingerprint density at radius 1 is 1.11 bits per heavy atom. The van der Waals surface area contributed by atoms with Crippen molar-refractivity contribution in [1.82, 2.24) is 4.90 Å². The minimum Gasteiger partial charge on any atom is -0.489 e. The first kappa shape index (κ1) is 19.3. The van der Waals surface area contributed by atoms with Gasteiger partial charge in [-0.15, -0.1) is 11.3 Å². The monoisotopic (exact) mass is 391 g/mol. The smallest absolute Gasteiger partial charge is 0.264 e. The number of amides is 1. The van der Waals surface area contributed by atoms with E-state index in [1.165, 1.54) is 41.5 Å². The summed E-state index contributed by atoms with van der Waals surface area (Å²) in [6, 6.07) is 10.9. The number of halogens is 2. The molecule has 0 radical (unpaired) electrons. The number of para-hydroxylation sites is 1. The van der Waals surface area contributed by atoms with Crippen molar-refractivity contribution in [2.24, 2.45) is 0 Å². The van der Waals surface area contributed by atoms with Gasteiger partial charge in [0.1, 0.15) is 12.4 Å². The van der Waals surface area contributed by atoms with Crippen LogP contribution in [-0.4, -0.2) is 38.1 Å². The summed E-state index contributed by atoms with van der Waals surface area (Å²) in [5.74, 6) is -0.934. The number of rotatable bonds is 7. The molecule has 3 rings (SSSR count). The van der Waals surface area contributed by atoms with Gasteiger partial charge < -0.3 is 14.4 Å². The van der Waals surface area contributed by atoms with Gasteiger partial charge in [0.15, 0.2) is 11.6 Å². The molecule has 0 spiro atoms. The van der Waals surface area contributed by atoms with Crippen LogP contribution in [0.4, 0.5) is 8.78 Å². The molecule has 0 aliphatic carbocycles.